The Kier molecular flexibility index (Phi) is 4.52. The highest BCUT2D eigenvalue weighted by atomic mass is 16.2. The minimum atomic E-state index is -0.236. The number of amides is 2. The molecule has 8 bridgehead atoms. The van der Waals surface area contributed by atoms with Crippen molar-refractivity contribution in [1.29, 1.82) is 5.26 Å². The van der Waals surface area contributed by atoms with Crippen LogP contribution in [0.2, 0.25) is 0 Å². The van der Waals surface area contributed by atoms with E-state index in [1.54, 1.807) is 12.1 Å². The van der Waals surface area contributed by atoms with Crippen molar-refractivity contribution in [3.8, 4) is 6.07 Å². The molecule has 1 aromatic rings. The Morgan fingerprint density at radius 2 is 0.971 bits per heavy atom. The molecule has 0 aliphatic heterocycles. The first-order valence-corrected chi connectivity index (χ1v) is 13.6. The van der Waals surface area contributed by atoms with Gasteiger partial charge in [-0.3, -0.25) is 9.59 Å². The molecule has 0 atom stereocenters. The van der Waals surface area contributed by atoms with Gasteiger partial charge in [-0.15, -0.1) is 0 Å². The van der Waals surface area contributed by atoms with Gasteiger partial charge in [0.15, 0.2) is 0 Å². The number of rotatable bonds is 4. The molecule has 0 heterocycles. The average molecular weight is 458 g/mol. The average Bonchev–Trinajstić information content (AvgIpc) is 2.77. The molecule has 0 radical (unpaired) electrons. The minimum Gasteiger partial charge on any atom is -0.325 e. The minimum absolute atomic E-state index is 0.125. The number of carbonyl (C=O) groups excluding carboxylic acids is 2. The van der Waals surface area contributed by atoms with Crippen LogP contribution in [0, 0.1) is 57.7 Å². The number of carbonyl (C=O) groups is 2. The zero-order valence-electron chi connectivity index (χ0n) is 19.9. The van der Waals surface area contributed by atoms with E-state index in [-0.39, 0.29) is 22.6 Å². The standard InChI is InChI=1S/C29H35N3O2/c30-16-23-7-24(31-26(33)28-10-17-1-18(11-28)3-19(2-17)12-28)9-25(8-23)32-27(34)29-13-20-4-21(14-29)6-22(5-20)15-29/h7-9,17-22H,1-6,10-15H2,(H,31,33)(H,32,34). The predicted octanol–water partition coefficient (Wildman–Crippen LogP) is 5.87. The lowest BCUT2D eigenvalue weighted by Gasteiger charge is -2.55. The van der Waals surface area contributed by atoms with Crippen molar-refractivity contribution in [1.82, 2.24) is 0 Å². The number of hydrogen-bond acceptors (Lipinski definition) is 3. The number of nitriles is 1. The molecular weight excluding hydrogens is 422 g/mol. The van der Waals surface area contributed by atoms with E-state index >= 15 is 0 Å². The van der Waals surface area contributed by atoms with Crippen molar-refractivity contribution in [2.24, 2.45) is 46.3 Å². The van der Waals surface area contributed by atoms with E-state index in [0.717, 1.165) is 38.5 Å². The van der Waals surface area contributed by atoms with Crippen molar-refractivity contribution in [3.63, 3.8) is 0 Å². The molecule has 5 heteroatoms. The Balaban J connectivity index is 1.11. The molecule has 0 saturated heterocycles. The molecule has 9 rings (SSSR count). The Hall–Kier alpha value is -2.35. The molecule has 0 unspecified atom stereocenters. The third-order valence-electron chi connectivity index (χ3n) is 10.6. The summed E-state index contributed by atoms with van der Waals surface area (Å²) < 4.78 is 0. The maximum atomic E-state index is 13.5. The summed E-state index contributed by atoms with van der Waals surface area (Å²) in [6, 6.07) is 7.58. The van der Waals surface area contributed by atoms with Crippen LogP contribution in [-0.4, -0.2) is 11.8 Å². The molecule has 5 nitrogen and oxygen atoms in total. The maximum absolute atomic E-state index is 13.5. The lowest BCUT2D eigenvalue weighted by molar-refractivity contribution is -0.140. The van der Waals surface area contributed by atoms with Crippen molar-refractivity contribution in [2.75, 3.05) is 10.6 Å². The summed E-state index contributed by atoms with van der Waals surface area (Å²) in [6.45, 7) is 0. The molecular formula is C29H35N3O2. The van der Waals surface area contributed by atoms with Gasteiger partial charge < -0.3 is 10.6 Å². The van der Waals surface area contributed by atoms with E-state index in [9.17, 15) is 14.9 Å². The molecule has 8 aliphatic rings. The lowest BCUT2D eigenvalue weighted by Crippen LogP contribution is -2.52. The molecule has 2 amide bonds. The third-order valence-corrected chi connectivity index (χ3v) is 10.6. The largest absolute Gasteiger partial charge is 0.325 e. The maximum Gasteiger partial charge on any atom is 0.230 e. The highest BCUT2D eigenvalue weighted by molar-refractivity contribution is 5.99. The molecule has 8 fully saturated rings. The van der Waals surface area contributed by atoms with E-state index in [1.165, 1.54) is 38.5 Å². The van der Waals surface area contributed by atoms with Crippen LogP contribution in [0.15, 0.2) is 18.2 Å². The van der Waals surface area contributed by atoms with Gasteiger partial charge in [0.2, 0.25) is 11.8 Å². The van der Waals surface area contributed by atoms with Crippen LogP contribution in [0.25, 0.3) is 0 Å². The van der Waals surface area contributed by atoms with Crippen molar-refractivity contribution in [2.45, 2.75) is 77.0 Å². The van der Waals surface area contributed by atoms with E-state index in [0.29, 0.717) is 52.4 Å². The third kappa shape index (κ3) is 3.32. The van der Waals surface area contributed by atoms with Crippen LogP contribution < -0.4 is 10.6 Å². The first-order valence-electron chi connectivity index (χ1n) is 13.6. The van der Waals surface area contributed by atoms with Crippen LogP contribution in [0.4, 0.5) is 11.4 Å². The second-order valence-electron chi connectivity index (χ2n) is 13.2. The van der Waals surface area contributed by atoms with Gasteiger partial charge in [0.05, 0.1) is 22.5 Å². The summed E-state index contributed by atoms with van der Waals surface area (Å²) in [5, 5.41) is 16.0. The first kappa shape index (κ1) is 21.0. The smallest absolute Gasteiger partial charge is 0.230 e. The van der Waals surface area contributed by atoms with Crippen LogP contribution in [0.1, 0.15) is 82.6 Å². The van der Waals surface area contributed by atoms with E-state index in [2.05, 4.69) is 16.7 Å². The Morgan fingerprint density at radius 3 is 1.26 bits per heavy atom. The molecule has 1 aromatic carbocycles. The number of anilines is 2. The van der Waals surface area contributed by atoms with Crippen LogP contribution in [0.3, 0.4) is 0 Å². The SMILES string of the molecule is N#Cc1cc(NC(=O)C23CC4CC(CC(C4)C2)C3)cc(NC(=O)C23CC4CC(CC(C4)C2)C3)c1. The molecule has 34 heavy (non-hydrogen) atoms. The van der Waals surface area contributed by atoms with Crippen LogP contribution >= 0.6 is 0 Å². The van der Waals surface area contributed by atoms with Crippen molar-refractivity contribution in [3.05, 3.63) is 23.8 Å². The van der Waals surface area contributed by atoms with Gasteiger partial charge in [0, 0.05) is 11.4 Å². The fraction of sp³-hybridized carbons (Fsp3) is 0.690. The molecule has 8 saturated carbocycles. The zero-order valence-corrected chi connectivity index (χ0v) is 19.9. The topological polar surface area (TPSA) is 82.0 Å². The monoisotopic (exact) mass is 457 g/mol. The Labute approximate surface area is 202 Å². The van der Waals surface area contributed by atoms with Crippen molar-refractivity contribution < 1.29 is 9.59 Å². The highest BCUT2D eigenvalue weighted by Gasteiger charge is 2.55. The van der Waals surface area contributed by atoms with Crippen LogP contribution in [-0.2, 0) is 9.59 Å². The lowest BCUT2D eigenvalue weighted by atomic mass is 9.49. The fourth-order valence-corrected chi connectivity index (χ4v) is 10.1. The molecule has 8 aliphatic carbocycles. The van der Waals surface area contributed by atoms with Gasteiger partial charge >= 0.3 is 0 Å². The summed E-state index contributed by atoms with van der Waals surface area (Å²) in [5.41, 5.74) is 1.28. The summed E-state index contributed by atoms with van der Waals surface area (Å²) >= 11 is 0. The quantitative estimate of drug-likeness (QED) is 0.593. The molecule has 0 aromatic heterocycles. The summed E-state index contributed by atoms with van der Waals surface area (Å²) in [7, 11) is 0. The zero-order chi connectivity index (χ0) is 23.1. The summed E-state index contributed by atoms with van der Waals surface area (Å²) in [6.07, 6.45) is 13.9. The molecule has 0 spiro atoms. The molecule has 178 valence electrons. The second-order valence-corrected chi connectivity index (χ2v) is 13.2. The van der Waals surface area contributed by atoms with Gasteiger partial charge in [-0.05, 0) is 131 Å². The summed E-state index contributed by atoms with van der Waals surface area (Å²) in [4.78, 5) is 27.1. The Morgan fingerprint density at radius 1 is 0.647 bits per heavy atom. The number of benzene rings is 1. The number of nitrogens with one attached hydrogen (secondary N) is 2. The summed E-state index contributed by atoms with van der Waals surface area (Å²) in [5.74, 6) is 4.49. The fourth-order valence-electron chi connectivity index (χ4n) is 10.1. The van der Waals surface area contributed by atoms with Gasteiger partial charge in [0.1, 0.15) is 0 Å². The van der Waals surface area contributed by atoms with Gasteiger partial charge in [0.25, 0.3) is 0 Å². The van der Waals surface area contributed by atoms with Crippen molar-refractivity contribution >= 4 is 23.2 Å². The number of hydrogen-bond donors (Lipinski definition) is 2. The normalized spacial score (nSPS) is 42.9. The highest BCUT2D eigenvalue weighted by Crippen LogP contribution is 2.61. The van der Waals surface area contributed by atoms with Gasteiger partial charge in [-0.1, -0.05) is 0 Å². The van der Waals surface area contributed by atoms with E-state index in [4.69, 9.17) is 0 Å². The predicted molar refractivity (Wildman–Crippen MR) is 130 cm³/mol. The van der Waals surface area contributed by atoms with Gasteiger partial charge in [-0.2, -0.15) is 5.26 Å². The second kappa shape index (κ2) is 7.33. The van der Waals surface area contributed by atoms with Gasteiger partial charge in [-0.25, -0.2) is 0 Å². The van der Waals surface area contributed by atoms with Crippen LogP contribution in [0.5, 0.6) is 0 Å². The number of nitrogens with zero attached hydrogens (tertiary/aromatic N) is 1. The van der Waals surface area contributed by atoms with E-state index in [1.807, 2.05) is 6.07 Å². The Bertz CT molecular complexity index is 952. The van der Waals surface area contributed by atoms with E-state index < -0.39 is 0 Å². The first-order chi connectivity index (χ1) is 16.4. The molecule has 2 N–H and O–H groups in total.